The maximum absolute atomic E-state index is 12.0. The molecule has 1 rings (SSSR count). The van der Waals surface area contributed by atoms with E-state index in [1.807, 2.05) is 42.6 Å². The second-order valence-corrected chi connectivity index (χ2v) is 4.37. The standard InChI is InChI=1S/C13H19N3O3/c1-9(8-19-2)15-11(12(17)16-13(14)18)10-6-4-3-5-7-10/h3-7,9,11,15H,8H2,1-2H3,(H3,14,16,17,18)/p+1/t9-,11+/m1/s1. The van der Waals surface area contributed by atoms with Gasteiger partial charge in [-0.3, -0.25) is 10.1 Å². The number of hydrogen-bond acceptors (Lipinski definition) is 3. The summed E-state index contributed by atoms with van der Waals surface area (Å²) < 4.78 is 5.05. The van der Waals surface area contributed by atoms with Gasteiger partial charge in [-0.25, -0.2) is 4.79 Å². The molecule has 1 aromatic rings. The predicted molar refractivity (Wildman–Crippen MR) is 70.2 cm³/mol. The van der Waals surface area contributed by atoms with E-state index in [2.05, 4.69) is 5.32 Å². The Labute approximate surface area is 112 Å². The molecule has 0 spiro atoms. The van der Waals surface area contributed by atoms with Crippen molar-refractivity contribution < 1.29 is 19.6 Å². The van der Waals surface area contributed by atoms with Crippen molar-refractivity contribution in [1.82, 2.24) is 5.32 Å². The van der Waals surface area contributed by atoms with Gasteiger partial charge in [0, 0.05) is 12.7 Å². The Hall–Kier alpha value is -1.92. The first kappa shape index (κ1) is 15.1. The van der Waals surface area contributed by atoms with E-state index in [4.69, 9.17) is 10.5 Å². The molecule has 0 aliphatic rings. The van der Waals surface area contributed by atoms with Crippen molar-refractivity contribution in [3.05, 3.63) is 35.9 Å². The van der Waals surface area contributed by atoms with Crippen molar-refractivity contribution in [3.8, 4) is 0 Å². The first-order chi connectivity index (χ1) is 9.04. The van der Waals surface area contributed by atoms with Gasteiger partial charge in [-0.15, -0.1) is 0 Å². The summed E-state index contributed by atoms with van der Waals surface area (Å²) in [5.74, 6) is -0.429. The number of imide groups is 1. The van der Waals surface area contributed by atoms with Crippen LogP contribution in [0.1, 0.15) is 18.5 Å². The smallest absolute Gasteiger partial charge is 0.319 e. The Bertz CT molecular complexity index is 422. The van der Waals surface area contributed by atoms with Crippen molar-refractivity contribution in [1.29, 1.82) is 0 Å². The van der Waals surface area contributed by atoms with Crippen LogP contribution < -0.4 is 16.4 Å². The highest BCUT2D eigenvalue weighted by Gasteiger charge is 2.27. The van der Waals surface area contributed by atoms with Crippen LogP contribution in [0.3, 0.4) is 0 Å². The summed E-state index contributed by atoms with van der Waals surface area (Å²) in [6.07, 6.45) is 0. The fourth-order valence-electron chi connectivity index (χ4n) is 1.86. The summed E-state index contributed by atoms with van der Waals surface area (Å²) in [6, 6.07) is 7.92. The number of carbonyl (C=O) groups is 2. The number of rotatable bonds is 6. The molecule has 2 atom stereocenters. The summed E-state index contributed by atoms with van der Waals surface area (Å²) in [5, 5.41) is 3.96. The fourth-order valence-corrected chi connectivity index (χ4v) is 1.86. The Morgan fingerprint density at radius 3 is 2.53 bits per heavy atom. The van der Waals surface area contributed by atoms with Gasteiger partial charge in [0.25, 0.3) is 5.91 Å². The predicted octanol–water partition coefficient (Wildman–Crippen LogP) is -0.479. The van der Waals surface area contributed by atoms with Crippen molar-refractivity contribution in [2.45, 2.75) is 19.0 Å². The number of quaternary nitrogens is 1. The van der Waals surface area contributed by atoms with Gasteiger partial charge >= 0.3 is 6.03 Å². The Morgan fingerprint density at radius 1 is 1.37 bits per heavy atom. The van der Waals surface area contributed by atoms with Crippen LogP contribution in [0.4, 0.5) is 4.79 Å². The third-order valence-electron chi connectivity index (χ3n) is 2.64. The first-order valence-electron chi connectivity index (χ1n) is 6.03. The number of nitrogens with two attached hydrogens (primary N) is 2. The van der Waals surface area contributed by atoms with Crippen LogP contribution in [0.25, 0.3) is 0 Å². The zero-order chi connectivity index (χ0) is 14.3. The van der Waals surface area contributed by atoms with Crippen LogP contribution >= 0.6 is 0 Å². The Balaban J connectivity index is 2.85. The number of urea groups is 1. The molecule has 6 nitrogen and oxygen atoms in total. The minimum atomic E-state index is -0.848. The van der Waals surface area contributed by atoms with Crippen LogP contribution in [0.2, 0.25) is 0 Å². The molecular weight excluding hydrogens is 246 g/mol. The minimum absolute atomic E-state index is 0.0776. The van der Waals surface area contributed by atoms with Gasteiger partial charge in [-0.2, -0.15) is 0 Å². The number of ether oxygens (including phenoxy) is 1. The number of primary amides is 1. The Kier molecular flexibility index (Phi) is 5.98. The van der Waals surface area contributed by atoms with E-state index in [9.17, 15) is 9.59 Å². The second kappa shape index (κ2) is 7.50. The number of benzene rings is 1. The lowest BCUT2D eigenvalue weighted by molar-refractivity contribution is -0.714. The van der Waals surface area contributed by atoms with Crippen molar-refractivity contribution in [3.63, 3.8) is 0 Å². The molecule has 0 heterocycles. The molecule has 0 aromatic heterocycles. The molecule has 6 heteroatoms. The van der Waals surface area contributed by atoms with E-state index in [0.29, 0.717) is 6.61 Å². The van der Waals surface area contributed by atoms with E-state index < -0.39 is 18.0 Å². The summed E-state index contributed by atoms with van der Waals surface area (Å²) in [7, 11) is 1.60. The molecular formula is C13H20N3O3+. The molecule has 104 valence electrons. The van der Waals surface area contributed by atoms with E-state index in [1.165, 1.54) is 0 Å². The quantitative estimate of drug-likeness (QED) is 0.648. The molecule has 0 saturated heterocycles. The van der Waals surface area contributed by atoms with Gasteiger partial charge in [0.05, 0.1) is 6.61 Å². The average Bonchev–Trinajstić information content (AvgIpc) is 2.36. The second-order valence-electron chi connectivity index (χ2n) is 4.37. The highest BCUT2D eigenvalue weighted by Crippen LogP contribution is 2.08. The van der Waals surface area contributed by atoms with E-state index in [1.54, 1.807) is 7.11 Å². The summed E-state index contributed by atoms with van der Waals surface area (Å²) in [5.41, 5.74) is 5.80. The number of amides is 3. The van der Waals surface area contributed by atoms with Crippen molar-refractivity contribution in [2.75, 3.05) is 13.7 Å². The molecule has 0 bridgehead atoms. The lowest BCUT2D eigenvalue weighted by atomic mass is 10.1. The van der Waals surface area contributed by atoms with Gasteiger partial charge in [0.1, 0.15) is 6.04 Å². The Morgan fingerprint density at radius 2 is 2.00 bits per heavy atom. The van der Waals surface area contributed by atoms with Gasteiger partial charge in [-0.1, -0.05) is 30.3 Å². The molecule has 0 radical (unpaired) electrons. The van der Waals surface area contributed by atoms with Gasteiger partial charge in [-0.05, 0) is 6.92 Å². The van der Waals surface area contributed by atoms with Gasteiger partial charge in [0.15, 0.2) is 6.04 Å². The van der Waals surface area contributed by atoms with Gasteiger partial charge in [0.2, 0.25) is 0 Å². The van der Waals surface area contributed by atoms with Crippen LogP contribution in [0, 0.1) is 0 Å². The highest BCUT2D eigenvalue weighted by molar-refractivity contribution is 5.96. The van der Waals surface area contributed by atoms with Crippen LogP contribution in [-0.2, 0) is 9.53 Å². The first-order valence-corrected chi connectivity index (χ1v) is 6.03. The topological polar surface area (TPSA) is 98.0 Å². The molecule has 0 fully saturated rings. The van der Waals surface area contributed by atoms with E-state index in [-0.39, 0.29) is 6.04 Å². The summed E-state index contributed by atoms with van der Waals surface area (Å²) >= 11 is 0. The number of carbonyl (C=O) groups excluding carboxylic acids is 2. The third kappa shape index (κ3) is 5.07. The van der Waals surface area contributed by atoms with Crippen LogP contribution in [-0.4, -0.2) is 31.7 Å². The molecule has 0 unspecified atom stereocenters. The maximum Gasteiger partial charge on any atom is 0.319 e. The SMILES string of the molecule is COC[C@@H](C)[NH2+][C@H](C(=O)NC(N)=O)c1ccccc1. The molecule has 0 aliphatic carbocycles. The minimum Gasteiger partial charge on any atom is -0.379 e. The number of hydrogen-bond donors (Lipinski definition) is 3. The monoisotopic (exact) mass is 266 g/mol. The van der Waals surface area contributed by atoms with Crippen LogP contribution in [0.15, 0.2) is 30.3 Å². The summed E-state index contributed by atoms with van der Waals surface area (Å²) in [4.78, 5) is 22.8. The van der Waals surface area contributed by atoms with Crippen molar-refractivity contribution >= 4 is 11.9 Å². The third-order valence-corrected chi connectivity index (χ3v) is 2.64. The fraction of sp³-hybridized carbons (Fsp3) is 0.385. The lowest BCUT2D eigenvalue weighted by Crippen LogP contribution is -2.93. The molecule has 0 saturated carbocycles. The zero-order valence-electron chi connectivity index (χ0n) is 11.1. The van der Waals surface area contributed by atoms with Crippen molar-refractivity contribution in [2.24, 2.45) is 5.73 Å². The lowest BCUT2D eigenvalue weighted by Gasteiger charge is -2.18. The molecule has 5 N–H and O–H groups in total. The molecule has 3 amide bonds. The van der Waals surface area contributed by atoms with Gasteiger partial charge < -0.3 is 15.8 Å². The van der Waals surface area contributed by atoms with Crippen LogP contribution in [0.5, 0.6) is 0 Å². The number of methoxy groups -OCH3 is 1. The normalized spacial score (nSPS) is 13.6. The molecule has 19 heavy (non-hydrogen) atoms. The number of nitrogens with one attached hydrogen (secondary N) is 1. The summed E-state index contributed by atoms with van der Waals surface area (Å²) in [6.45, 7) is 2.45. The van der Waals surface area contributed by atoms with E-state index in [0.717, 1.165) is 5.56 Å². The maximum atomic E-state index is 12.0. The highest BCUT2D eigenvalue weighted by atomic mass is 16.5. The molecule has 1 aromatic carbocycles. The average molecular weight is 266 g/mol. The molecule has 0 aliphatic heterocycles. The van der Waals surface area contributed by atoms with E-state index >= 15 is 0 Å². The zero-order valence-corrected chi connectivity index (χ0v) is 11.1. The largest absolute Gasteiger partial charge is 0.379 e.